The molecule has 1 heterocycles. The Morgan fingerprint density at radius 2 is 2.26 bits per heavy atom. The summed E-state index contributed by atoms with van der Waals surface area (Å²) in [6.45, 7) is 0.626. The Kier molecular flexibility index (Phi) is 5.33. The highest BCUT2D eigenvalue weighted by Crippen LogP contribution is 2.24. The average Bonchev–Trinajstić information content (AvgIpc) is 2.98. The topological polar surface area (TPSA) is 62.2 Å². The van der Waals surface area contributed by atoms with Gasteiger partial charge >= 0.3 is 0 Å². The quantitative estimate of drug-likeness (QED) is 0.817. The zero-order valence-corrected chi connectivity index (χ0v) is 11.2. The third-order valence-electron chi connectivity index (χ3n) is 3.80. The molecule has 0 saturated heterocycles. The molecule has 1 fully saturated rings. The molecule has 2 N–H and O–H groups in total. The molecule has 1 aliphatic carbocycles. The summed E-state index contributed by atoms with van der Waals surface area (Å²) in [4.78, 5) is 16.0. The summed E-state index contributed by atoms with van der Waals surface area (Å²) < 4.78 is 0. The summed E-state index contributed by atoms with van der Waals surface area (Å²) in [6.07, 6.45) is 8.64. The van der Waals surface area contributed by atoms with Gasteiger partial charge in [-0.15, -0.1) is 0 Å². The van der Waals surface area contributed by atoms with E-state index in [2.05, 4.69) is 10.3 Å². The van der Waals surface area contributed by atoms with Gasteiger partial charge in [-0.05, 0) is 30.9 Å². The Hall–Kier alpha value is -1.42. The van der Waals surface area contributed by atoms with Gasteiger partial charge in [-0.25, -0.2) is 0 Å². The van der Waals surface area contributed by atoms with Crippen molar-refractivity contribution in [3.63, 3.8) is 0 Å². The Morgan fingerprint density at radius 3 is 2.89 bits per heavy atom. The van der Waals surface area contributed by atoms with Crippen LogP contribution in [0.5, 0.6) is 0 Å². The molecule has 19 heavy (non-hydrogen) atoms. The number of rotatable bonds is 6. The normalized spacial score (nSPS) is 17.3. The molecule has 0 spiro atoms. The molecule has 0 unspecified atom stereocenters. The van der Waals surface area contributed by atoms with Crippen LogP contribution in [0.4, 0.5) is 0 Å². The predicted octanol–water partition coefficient (Wildman–Crippen LogP) is 1.54. The number of carbonyl (C=O) groups excluding carboxylic acids is 1. The maximum absolute atomic E-state index is 11.9. The van der Waals surface area contributed by atoms with Crippen LogP contribution in [0.25, 0.3) is 0 Å². The molecular weight excluding hydrogens is 240 g/mol. The second kappa shape index (κ2) is 7.24. The molecule has 104 valence electrons. The van der Waals surface area contributed by atoms with Crippen LogP contribution >= 0.6 is 0 Å². The van der Waals surface area contributed by atoms with Crippen molar-refractivity contribution in [2.75, 3.05) is 13.2 Å². The SMILES string of the molecule is O=C(NC[C@H](CO)Cc1cccnc1)C1CCCC1. The van der Waals surface area contributed by atoms with Gasteiger partial charge in [-0.3, -0.25) is 9.78 Å². The van der Waals surface area contributed by atoms with Crippen molar-refractivity contribution in [2.24, 2.45) is 11.8 Å². The van der Waals surface area contributed by atoms with Gasteiger partial charge in [0, 0.05) is 37.4 Å². The highest BCUT2D eigenvalue weighted by atomic mass is 16.3. The minimum atomic E-state index is 0.0644. The van der Waals surface area contributed by atoms with E-state index < -0.39 is 0 Å². The number of aromatic nitrogens is 1. The van der Waals surface area contributed by atoms with Crippen LogP contribution in [0.1, 0.15) is 31.2 Å². The smallest absolute Gasteiger partial charge is 0.223 e. The lowest BCUT2D eigenvalue weighted by Gasteiger charge is -2.17. The number of nitrogens with zero attached hydrogens (tertiary/aromatic N) is 1. The van der Waals surface area contributed by atoms with Crippen LogP contribution < -0.4 is 5.32 Å². The Labute approximate surface area is 114 Å². The summed E-state index contributed by atoms with van der Waals surface area (Å²) >= 11 is 0. The molecule has 0 radical (unpaired) electrons. The van der Waals surface area contributed by atoms with Gasteiger partial charge in [0.2, 0.25) is 5.91 Å². The van der Waals surface area contributed by atoms with E-state index in [9.17, 15) is 9.90 Å². The van der Waals surface area contributed by atoms with Gasteiger partial charge in [-0.2, -0.15) is 0 Å². The van der Waals surface area contributed by atoms with E-state index in [1.54, 1.807) is 12.4 Å². The van der Waals surface area contributed by atoms with Crippen molar-refractivity contribution in [2.45, 2.75) is 32.1 Å². The summed E-state index contributed by atoms with van der Waals surface area (Å²) in [5, 5.41) is 12.4. The standard InChI is InChI=1S/C15H22N2O2/c18-11-13(8-12-4-3-7-16-9-12)10-17-15(19)14-5-1-2-6-14/h3-4,7,9,13-14,18H,1-2,5-6,8,10-11H2,(H,17,19)/t13-/m1/s1. The molecule has 0 aromatic carbocycles. The van der Waals surface area contributed by atoms with Crippen LogP contribution in [0.2, 0.25) is 0 Å². The van der Waals surface area contributed by atoms with Gasteiger partial charge in [0.05, 0.1) is 0 Å². The first-order valence-corrected chi connectivity index (χ1v) is 7.07. The van der Waals surface area contributed by atoms with Crippen LogP contribution in [0.15, 0.2) is 24.5 Å². The van der Waals surface area contributed by atoms with Crippen molar-refractivity contribution in [1.82, 2.24) is 10.3 Å². The first-order chi connectivity index (χ1) is 9.29. The molecule has 4 nitrogen and oxygen atoms in total. The highest BCUT2D eigenvalue weighted by molar-refractivity contribution is 5.78. The van der Waals surface area contributed by atoms with Crippen molar-refractivity contribution < 1.29 is 9.90 Å². The Bertz CT molecular complexity index is 388. The maximum atomic E-state index is 11.9. The molecule has 4 heteroatoms. The van der Waals surface area contributed by atoms with Gasteiger partial charge in [0.1, 0.15) is 0 Å². The van der Waals surface area contributed by atoms with Crippen LogP contribution in [0.3, 0.4) is 0 Å². The molecule has 1 aromatic rings. The molecular formula is C15H22N2O2. The first-order valence-electron chi connectivity index (χ1n) is 7.07. The second-order valence-corrected chi connectivity index (χ2v) is 5.34. The van der Waals surface area contributed by atoms with Crippen LogP contribution in [-0.2, 0) is 11.2 Å². The van der Waals surface area contributed by atoms with E-state index in [0.29, 0.717) is 6.54 Å². The maximum Gasteiger partial charge on any atom is 0.223 e. The van der Waals surface area contributed by atoms with Crippen molar-refractivity contribution >= 4 is 5.91 Å². The lowest BCUT2D eigenvalue weighted by molar-refractivity contribution is -0.125. The number of aliphatic hydroxyl groups is 1. The van der Waals surface area contributed by atoms with Crippen molar-refractivity contribution in [3.8, 4) is 0 Å². The van der Waals surface area contributed by atoms with E-state index >= 15 is 0 Å². The lowest BCUT2D eigenvalue weighted by atomic mass is 10.0. The summed E-state index contributed by atoms with van der Waals surface area (Å²) in [5.74, 6) is 0.412. The molecule has 2 rings (SSSR count). The number of aliphatic hydroxyl groups excluding tert-OH is 1. The fourth-order valence-electron chi connectivity index (χ4n) is 2.63. The molecule has 1 aliphatic rings. The van der Waals surface area contributed by atoms with E-state index in [0.717, 1.165) is 37.7 Å². The summed E-state index contributed by atoms with van der Waals surface area (Å²) in [5.41, 5.74) is 1.09. The molecule has 1 amide bonds. The van der Waals surface area contributed by atoms with Crippen LogP contribution in [-0.4, -0.2) is 29.1 Å². The highest BCUT2D eigenvalue weighted by Gasteiger charge is 2.23. The fourth-order valence-corrected chi connectivity index (χ4v) is 2.63. The zero-order valence-electron chi connectivity index (χ0n) is 11.2. The van der Waals surface area contributed by atoms with Crippen LogP contribution in [0, 0.1) is 11.8 Å². The van der Waals surface area contributed by atoms with Gasteiger partial charge < -0.3 is 10.4 Å². The van der Waals surface area contributed by atoms with Crippen molar-refractivity contribution in [1.29, 1.82) is 0 Å². The van der Waals surface area contributed by atoms with E-state index in [1.807, 2.05) is 12.1 Å². The number of hydrogen-bond donors (Lipinski definition) is 2. The molecule has 1 saturated carbocycles. The van der Waals surface area contributed by atoms with E-state index in [1.165, 1.54) is 0 Å². The number of carbonyl (C=O) groups is 1. The van der Waals surface area contributed by atoms with Gasteiger partial charge in [-0.1, -0.05) is 18.9 Å². The zero-order chi connectivity index (χ0) is 13.5. The minimum absolute atomic E-state index is 0.0644. The fraction of sp³-hybridized carbons (Fsp3) is 0.600. The number of hydrogen-bond acceptors (Lipinski definition) is 3. The number of nitrogens with one attached hydrogen (secondary N) is 1. The predicted molar refractivity (Wildman–Crippen MR) is 73.5 cm³/mol. The molecule has 1 aromatic heterocycles. The molecule has 1 atom stereocenters. The monoisotopic (exact) mass is 262 g/mol. The van der Waals surface area contributed by atoms with Crippen molar-refractivity contribution in [3.05, 3.63) is 30.1 Å². The largest absolute Gasteiger partial charge is 0.396 e. The lowest BCUT2D eigenvalue weighted by Crippen LogP contribution is -2.35. The average molecular weight is 262 g/mol. The van der Waals surface area contributed by atoms with Gasteiger partial charge in [0.25, 0.3) is 0 Å². The van der Waals surface area contributed by atoms with Gasteiger partial charge in [0.15, 0.2) is 0 Å². The molecule has 0 aliphatic heterocycles. The third-order valence-corrected chi connectivity index (χ3v) is 3.80. The summed E-state index contributed by atoms with van der Waals surface area (Å²) in [7, 11) is 0. The molecule has 0 bridgehead atoms. The summed E-state index contributed by atoms with van der Waals surface area (Å²) in [6, 6.07) is 3.88. The Morgan fingerprint density at radius 1 is 1.47 bits per heavy atom. The first kappa shape index (κ1) is 14.0. The Balaban J connectivity index is 1.77. The number of amides is 1. The second-order valence-electron chi connectivity index (χ2n) is 5.34. The third kappa shape index (κ3) is 4.31. The minimum Gasteiger partial charge on any atom is -0.396 e. The van der Waals surface area contributed by atoms with E-state index in [4.69, 9.17) is 0 Å². The van der Waals surface area contributed by atoms with E-state index in [-0.39, 0.29) is 24.3 Å². The number of pyridine rings is 1.